The molecule has 0 aliphatic heterocycles. The second kappa shape index (κ2) is 7.97. The third-order valence-electron chi connectivity index (χ3n) is 3.89. The lowest BCUT2D eigenvalue weighted by molar-refractivity contribution is 1.02. The van der Waals surface area contributed by atoms with E-state index < -0.39 is 0 Å². The third kappa shape index (κ3) is 4.01. The van der Waals surface area contributed by atoms with E-state index in [1.165, 1.54) is 0 Å². The molecule has 4 rings (SSSR count). The first-order valence-corrected chi connectivity index (χ1v) is 8.46. The number of fused-ring (bicyclic) bond motifs is 1. The van der Waals surface area contributed by atoms with Gasteiger partial charge >= 0.3 is 0 Å². The van der Waals surface area contributed by atoms with Crippen molar-refractivity contribution in [1.82, 2.24) is 10.2 Å². The van der Waals surface area contributed by atoms with Crippen molar-refractivity contribution in [2.45, 2.75) is 0 Å². The number of nitrogens with zero attached hydrogens (tertiary/aromatic N) is 5. The number of azo groups is 1. The molecule has 0 saturated heterocycles. The van der Waals surface area contributed by atoms with Crippen LogP contribution in [-0.2, 0) is 0 Å². The number of amidine groups is 1. The van der Waals surface area contributed by atoms with E-state index in [9.17, 15) is 0 Å². The number of aromatic nitrogens is 2. The number of rotatable bonds is 4. The lowest BCUT2D eigenvalue weighted by Gasteiger charge is -2.03. The van der Waals surface area contributed by atoms with Gasteiger partial charge in [0.25, 0.3) is 0 Å². The van der Waals surface area contributed by atoms with Gasteiger partial charge in [0, 0.05) is 16.3 Å². The molecule has 27 heavy (non-hydrogen) atoms. The standard InChI is InChI=1S/C21H16N6/c1-3-9-16(10-4-1)20(25-23-18-12-5-2-6-13-18)26-27-21-19-14-8-7-11-17(19)15-22-24-21/h1-15,23H/b25-20-,27-26?. The molecular formula is C21H16N6. The normalized spacial score (nSPS) is 11.8. The molecule has 1 aromatic heterocycles. The van der Waals surface area contributed by atoms with Crippen molar-refractivity contribution in [1.29, 1.82) is 0 Å². The molecule has 0 spiro atoms. The van der Waals surface area contributed by atoms with Gasteiger partial charge in [0.1, 0.15) is 0 Å². The molecule has 1 N–H and O–H groups in total. The van der Waals surface area contributed by atoms with Gasteiger partial charge in [0.15, 0.2) is 0 Å². The van der Waals surface area contributed by atoms with E-state index in [0.717, 1.165) is 22.0 Å². The fraction of sp³-hybridized carbons (Fsp3) is 0. The van der Waals surface area contributed by atoms with Gasteiger partial charge in [0.05, 0.1) is 11.9 Å². The molecule has 3 aromatic carbocycles. The van der Waals surface area contributed by atoms with Gasteiger partial charge in [-0.05, 0) is 12.1 Å². The van der Waals surface area contributed by atoms with Crippen molar-refractivity contribution < 1.29 is 0 Å². The summed E-state index contributed by atoms with van der Waals surface area (Å²) in [4.78, 5) is 0. The molecule has 0 saturated carbocycles. The minimum atomic E-state index is 0.453. The number of hydrogen-bond acceptors (Lipinski definition) is 5. The molecule has 0 bridgehead atoms. The molecule has 0 radical (unpaired) electrons. The molecule has 1 heterocycles. The summed E-state index contributed by atoms with van der Waals surface area (Å²) < 4.78 is 0. The van der Waals surface area contributed by atoms with Gasteiger partial charge in [-0.2, -0.15) is 10.2 Å². The van der Waals surface area contributed by atoms with Crippen molar-refractivity contribution in [3.05, 3.63) is 96.7 Å². The highest BCUT2D eigenvalue weighted by Crippen LogP contribution is 2.22. The largest absolute Gasteiger partial charge is 0.276 e. The Labute approximate surface area is 156 Å². The van der Waals surface area contributed by atoms with Crippen LogP contribution in [0.3, 0.4) is 0 Å². The monoisotopic (exact) mass is 352 g/mol. The van der Waals surface area contributed by atoms with E-state index in [2.05, 4.69) is 31.0 Å². The van der Waals surface area contributed by atoms with E-state index in [4.69, 9.17) is 0 Å². The summed E-state index contributed by atoms with van der Waals surface area (Å²) in [5, 5.41) is 23.0. The maximum Gasteiger partial charge on any atom is 0.204 e. The molecule has 6 nitrogen and oxygen atoms in total. The fourth-order valence-corrected chi connectivity index (χ4v) is 2.54. The number of hydrazone groups is 1. The molecule has 130 valence electrons. The maximum absolute atomic E-state index is 4.42. The predicted octanol–water partition coefficient (Wildman–Crippen LogP) is 5.19. The zero-order valence-corrected chi connectivity index (χ0v) is 14.4. The van der Waals surface area contributed by atoms with Crippen LogP contribution in [0.25, 0.3) is 10.8 Å². The van der Waals surface area contributed by atoms with Crippen molar-refractivity contribution in [2.24, 2.45) is 15.3 Å². The fourth-order valence-electron chi connectivity index (χ4n) is 2.54. The van der Waals surface area contributed by atoms with E-state index in [0.29, 0.717) is 11.7 Å². The Bertz CT molecular complexity index is 1090. The zero-order chi connectivity index (χ0) is 18.3. The Morgan fingerprint density at radius 3 is 2.30 bits per heavy atom. The highest BCUT2D eigenvalue weighted by molar-refractivity contribution is 6.00. The van der Waals surface area contributed by atoms with Crippen LogP contribution in [0.1, 0.15) is 5.56 Å². The van der Waals surface area contributed by atoms with Crippen LogP contribution in [0, 0.1) is 0 Å². The second-order valence-corrected chi connectivity index (χ2v) is 5.73. The van der Waals surface area contributed by atoms with E-state index in [1.807, 2.05) is 84.9 Å². The summed E-state index contributed by atoms with van der Waals surface area (Å²) in [6.07, 6.45) is 1.71. The Balaban J connectivity index is 1.69. The smallest absolute Gasteiger partial charge is 0.204 e. The van der Waals surface area contributed by atoms with E-state index in [-0.39, 0.29) is 0 Å². The lowest BCUT2D eigenvalue weighted by atomic mass is 10.2. The van der Waals surface area contributed by atoms with Crippen LogP contribution in [0.5, 0.6) is 0 Å². The minimum absolute atomic E-state index is 0.453. The van der Waals surface area contributed by atoms with E-state index >= 15 is 0 Å². The number of hydrogen-bond donors (Lipinski definition) is 1. The first-order valence-electron chi connectivity index (χ1n) is 8.46. The molecular weight excluding hydrogens is 336 g/mol. The summed E-state index contributed by atoms with van der Waals surface area (Å²) >= 11 is 0. The van der Waals surface area contributed by atoms with Gasteiger partial charge < -0.3 is 0 Å². The van der Waals surface area contributed by atoms with Gasteiger partial charge in [0.2, 0.25) is 11.7 Å². The van der Waals surface area contributed by atoms with Crippen LogP contribution in [0.15, 0.2) is 106 Å². The average molecular weight is 352 g/mol. The van der Waals surface area contributed by atoms with Crippen LogP contribution in [0.4, 0.5) is 11.5 Å². The van der Waals surface area contributed by atoms with Crippen molar-refractivity contribution >= 4 is 28.1 Å². The molecule has 0 amide bonds. The molecule has 0 unspecified atom stereocenters. The molecule has 0 aliphatic carbocycles. The highest BCUT2D eigenvalue weighted by atomic mass is 15.3. The Hall–Kier alpha value is -3.93. The molecule has 6 heteroatoms. The number of anilines is 1. The quantitative estimate of drug-likeness (QED) is 0.238. The van der Waals surface area contributed by atoms with Crippen LogP contribution in [0.2, 0.25) is 0 Å². The first-order chi connectivity index (χ1) is 13.4. The highest BCUT2D eigenvalue weighted by Gasteiger charge is 2.05. The predicted molar refractivity (Wildman–Crippen MR) is 107 cm³/mol. The summed E-state index contributed by atoms with van der Waals surface area (Å²) in [6, 6.07) is 27.1. The van der Waals surface area contributed by atoms with Crippen LogP contribution in [-0.4, -0.2) is 16.0 Å². The summed E-state index contributed by atoms with van der Waals surface area (Å²) in [7, 11) is 0. The third-order valence-corrected chi connectivity index (χ3v) is 3.89. The SMILES string of the molecule is c1ccc(N/N=C(\N=Nc2nncc3ccccc23)c2ccccc2)cc1. The molecule has 4 aromatic rings. The number of para-hydroxylation sites is 1. The van der Waals surface area contributed by atoms with Crippen molar-refractivity contribution in [3.63, 3.8) is 0 Å². The Kier molecular flexibility index (Phi) is 4.88. The van der Waals surface area contributed by atoms with Gasteiger partial charge in [-0.15, -0.1) is 15.3 Å². The Morgan fingerprint density at radius 1 is 0.778 bits per heavy atom. The molecule has 0 aliphatic rings. The van der Waals surface area contributed by atoms with Gasteiger partial charge in [-0.25, -0.2) is 0 Å². The van der Waals surface area contributed by atoms with Crippen LogP contribution >= 0.6 is 0 Å². The molecule has 0 atom stereocenters. The maximum atomic E-state index is 4.42. The zero-order valence-electron chi connectivity index (χ0n) is 14.4. The molecule has 0 fully saturated rings. The summed E-state index contributed by atoms with van der Waals surface area (Å²) in [6.45, 7) is 0. The van der Waals surface area contributed by atoms with Gasteiger partial charge in [-0.1, -0.05) is 72.8 Å². The minimum Gasteiger partial charge on any atom is -0.276 e. The first kappa shape index (κ1) is 16.5. The average Bonchev–Trinajstić information content (AvgIpc) is 2.75. The van der Waals surface area contributed by atoms with Crippen molar-refractivity contribution in [2.75, 3.05) is 5.43 Å². The van der Waals surface area contributed by atoms with Crippen LogP contribution < -0.4 is 5.43 Å². The Morgan fingerprint density at radius 2 is 1.48 bits per heavy atom. The lowest BCUT2D eigenvalue weighted by Crippen LogP contribution is -2.01. The number of benzene rings is 3. The summed E-state index contributed by atoms with van der Waals surface area (Å²) in [5.74, 6) is 0.908. The summed E-state index contributed by atoms with van der Waals surface area (Å²) in [5.41, 5.74) is 4.73. The van der Waals surface area contributed by atoms with E-state index in [1.54, 1.807) is 6.20 Å². The second-order valence-electron chi connectivity index (χ2n) is 5.73. The number of nitrogens with one attached hydrogen (secondary N) is 1. The van der Waals surface area contributed by atoms with Gasteiger partial charge in [-0.3, -0.25) is 5.43 Å². The topological polar surface area (TPSA) is 74.9 Å². The van der Waals surface area contributed by atoms with Crippen molar-refractivity contribution in [3.8, 4) is 0 Å².